The van der Waals surface area contributed by atoms with Crippen molar-refractivity contribution in [2.24, 2.45) is 11.8 Å². The van der Waals surface area contributed by atoms with Gasteiger partial charge in [0.1, 0.15) is 0 Å². The van der Waals surface area contributed by atoms with Crippen LogP contribution in [-0.4, -0.2) is 30.8 Å². The molecule has 0 aromatic rings. The Morgan fingerprint density at radius 1 is 1.10 bits per heavy atom. The summed E-state index contributed by atoms with van der Waals surface area (Å²) < 4.78 is 38.9. The molecule has 0 amide bonds. The van der Waals surface area contributed by atoms with E-state index in [-0.39, 0.29) is 17.5 Å². The van der Waals surface area contributed by atoms with E-state index in [0.717, 1.165) is 13.0 Å². The quantitative estimate of drug-likeness (QED) is 0.807. The predicted molar refractivity (Wildman–Crippen MR) is 76.7 cm³/mol. The third-order valence-electron chi connectivity index (χ3n) is 4.00. The van der Waals surface area contributed by atoms with E-state index < -0.39 is 12.1 Å². The van der Waals surface area contributed by atoms with Gasteiger partial charge in [-0.1, -0.05) is 12.8 Å². The number of halogens is 3. The van der Waals surface area contributed by atoms with Gasteiger partial charge in [0.25, 0.3) is 0 Å². The maximum atomic E-state index is 13.0. The zero-order valence-corrected chi connectivity index (χ0v) is 13.1. The second-order valence-corrected chi connectivity index (χ2v) is 7.13. The molecule has 0 heterocycles. The summed E-state index contributed by atoms with van der Waals surface area (Å²) in [7, 11) is 0. The van der Waals surface area contributed by atoms with Gasteiger partial charge in [0, 0.05) is 18.1 Å². The first-order valence-electron chi connectivity index (χ1n) is 7.65. The predicted octanol–water partition coefficient (Wildman–Crippen LogP) is 3.72. The van der Waals surface area contributed by atoms with E-state index in [4.69, 9.17) is 0 Å². The van der Waals surface area contributed by atoms with Crippen LogP contribution in [0, 0.1) is 11.8 Å². The minimum atomic E-state index is -4.04. The van der Waals surface area contributed by atoms with Crippen LogP contribution in [0.15, 0.2) is 0 Å². The Morgan fingerprint density at radius 3 is 2.25 bits per heavy atom. The van der Waals surface area contributed by atoms with Crippen LogP contribution in [0.4, 0.5) is 13.2 Å². The Morgan fingerprint density at radius 2 is 1.70 bits per heavy atom. The highest BCUT2D eigenvalue weighted by Gasteiger charge is 2.45. The Balaban J connectivity index is 2.38. The molecule has 120 valence electrons. The van der Waals surface area contributed by atoms with Gasteiger partial charge < -0.3 is 10.6 Å². The molecule has 1 aliphatic carbocycles. The fraction of sp³-hybridized carbons (Fsp3) is 1.00. The van der Waals surface area contributed by atoms with E-state index in [1.165, 1.54) is 0 Å². The lowest BCUT2D eigenvalue weighted by Gasteiger charge is -2.34. The van der Waals surface area contributed by atoms with Crippen molar-refractivity contribution in [1.82, 2.24) is 10.6 Å². The summed E-state index contributed by atoms with van der Waals surface area (Å²) in [4.78, 5) is 0. The Bertz CT molecular complexity index is 284. The zero-order chi connectivity index (χ0) is 15.4. The lowest BCUT2D eigenvalue weighted by molar-refractivity contribution is -0.195. The topological polar surface area (TPSA) is 24.1 Å². The zero-order valence-electron chi connectivity index (χ0n) is 13.1. The molecular weight excluding hydrogens is 265 g/mol. The van der Waals surface area contributed by atoms with Gasteiger partial charge in [-0.25, -0.2) is 0 Å². The van der Waals surface area contributed by atoms with Gasteiger partial charge in [-0.15, -0.1) is 0 Å². The van der Waals surface area contributed by atoms with Crippen LogP contribution >= 0.6 is 0 Å². The van der Waals surface area contributed by atoms with E-state index in [9.17, 15) is 13.2 Å². The van der Waals surface area contributed by atoms with Crippen LogP contribution in [0.1, 0.15) is 53.4 Å². The average molecular weight is 294 g/mol. The fourth-order valence-electron chi connectivity index (χ4n) is 2.77. The van der Waals surface area contributed by atoms with Crippen molar-refractivity contribution in [1.29, 1.82) is 0 Å². The molecule has 1 rings (SSSR count). The summed E-state index contributed by atoms with van der Waals surface area (Å²) in [5, 5.41) is 6.63. The molecule has 0 bridgehead atoms. The fourth-order valence-corrected chi connectivity index (χ4v) is 2.77. The first kappa shape index (κ1) is 17.8. The number of alkyl halides is 3. The van der Waals surface area contributed by atoms with Crippen molar-refractivity contribution in [2.75, 3.05) is 13.1 Å². The highest BCUT2D eigenvalue weighted by atomic mass is 19.4. The van der Waals surface area contributed by atoms with Crippen LogP contribution in [0.25, 0.3) is 0 Å². The average Bonchev–Trinajstić information content (AvgIpc) is 2.32. The SMILES string of the molecule is CC(CNC(C)(C)C)NCC1CCCCC1C(F)(F)F. The molecule has 0 radical (unpaired) electrons. The van der Waals surface area contributed by atoms with Crippen LogP contribution in [0.3, 0.4) is 0 Å². The molecular formula is C15H29F3N2. The monoisotopic (exact) mass is 294 g/mol. The third-order valence-corrected chi connectivity index (χ3v) is 4.00. The third kappa shape index (κ3) is 6.44. The van der Waals surface area contributed by atoms with Crippen LogP contribution in [0.2, 0.25) is 0 Å². The van der Waals surface area contributed by atoms with Crippen molar-refractivity contribution >= 4 is 0 Å². The van der Waals surface area contributed by atoms with Crippen molar-refractivity contribution in [3.63, 3.8) is 0 Å². The van der Waals surface area contributed by atoms with Crippen molar-refractivity contribution in [3.05, 3.63) is 0 Å². The molecule has 3 atom stereocenters. The minimum Gasteiger partial charge on any atom is -0.313 e. The summed E-state index contributed by atoms with van der Waals surface area (Å²) in [6, 6.07) is 0.185. The largest absolute Gasteiger partial charge is 0.392 e. The lowest BCUT2D eigenvalue weighted by atomic mass is 9.78. The first-order valence-corrected chi connectivity index (χ1v) is 7.65. The van der Waals surface area contributed by atoms with Gasteiger partial charge >= 0.3 is 6.18 Å². The number of rotatable bonds is 5. The summed E-state index contributed by atoms with van der Waals surface area (Å²) in [5.74, 6) is -1.38. The first-order chi connectivity index (χ1) is 9.09. The standard InChI is InChI=1S/C15H29F3N2/c1-11(9-20-14(2,3)4)19-10-12-7-5-6-8-13(12)15(16,17)18/h11-13,19-20H,5-10H2,1-4H3. The van der Waals surface area contributed by atoms with E-state index in [1.54, 1.807) is 0 Å². The lowest BCUT2D eigenvalue weighted by Crippen LogP contribution is -2.47. The van der Waals surface area contributed by atoms with E-state index in [1.807, 2.05) is 6.92 Å². The molecule has 1 saturated carbocycles. The van der Waals surface area contributed by atoms with Crippen molar-refractivity contribution < 1.29 is 13.2 Å². The Labute approximate surface area is 120 Å². The second-order valence-electron chi connectivity index (χ2n) is 7.13. The van der Waals surface area contributed by atoms with Crippen molar-refractivity contribution in [3.8, 4) is 0 Å². The number of nitrogens with one attached hydrogen (secondary N) is 2. The molecule has 2 nitrogen and oxygen atoms in total. The van der Waals surface area contributed by atoms with Gasteiger partial charge in [-0.05, 0) is 53.0 Å². The van der Waals surface area contributed by atoms with E-state index in [2.05, 4.69) is 31.4 Å². The van der Waals surface area contributed by atoms with Gasteiger partial charge in [-0.2, -0.15) is 13.2 Å². The van der Waals surface area contributed by atoms with Crippen LogP contribution in [0.5, 0.6) is 0 Å². The van der Waals surface area contributed by atoms with E-state index >= 15 is 0 Å². The molecule has 2 N–H and O–H groups in total. The highest BCUT2D eigenvalue weighted by Crippen LogP contribution is 2.41. The van der Waals surface area contributed by atoms with Gasteiger partial charge in [0.2, 0.25) is 0 Å². The molecule has 3 unspecified atom stereocenters. The maximum Gasteiger partial charge on any atom is 0.392 e. The van der Waals surface area contributed by atoms with Crippen molar-refractivity contribution in [2.45, 2.75) is 71.1 Å². The molecule has 0 spiro atoms. The van der Waals surface area contributed by atoms with Crippen LogP contribution < -0.4 is 10.6 Å². The van der Waals surface area contributed by atoms with E-state index in [0.29, 0.717) is 25.8 Å². The number of hydrogen-bond acceptors (Lipinski definition) is 2. The van der Waals surface area contributed by atoms with Gasteiger partial charge in [-0.3, -0.25) is 0 Å². The summed E-state index contributed by atoms with van der Waals surface area (Å²) in [5.41, 5.74) is 0.0370. The normalized spacial score (nSPS) is 26.6. The smallest absolute Gasteiger partial charge is 0.313 e. The molecule has 1 fully saturated rings. The van der Waals surface area contributed by atoms with Gasteiger partial charge in [0.15, 0.2) is 0 Å². The maximum absolute atomic E-state index is 13.0. The second kappa shape index (κ2) is 7.12. The highest BCUT2D eigenvalue weighted by molar-refractivity contribution is 4.83. The Kier molecular flexibility index (Phi) is 6.32. The molecule has 20 heavy (non-hydrogen) atoms. The molecule has 1 aliphatic rings. The Hall–Kier alpha value is -0.290. The molecule has 5 heteroatoms. The molecule has 0 aromatic heterocycles. The number of hydrogen-bond donors (Lipinski definition) is 2. The minimum absolute atomic E-state index is 0.0370. The van der Waals surface area contributed by atoms with Gasteiger partial charge in [0.05, 0.1) is 5.92 Å². The summed E-state index contributed by atoms with van der Waals surface area (Å²) in [6.07, 6.45) is -1.42. The summed E-state index contributed by atoms with van der Waals surface area (Å²) in [6.45, 7) is 9.51. The van der Waals surface area contributed by atoms with Crippen LogP contribution in [-0.2, 0) is 0 Å². The summed E-state index contributed by atoms with van der Waals surface area (Å²) >= 11 is 0. The molecule has 0 saturated heterocycles. The molecule has 0 aromatic carbocycles. The molecule has 0 aliphatic heterocycles.